The van der Waals surface area contributed by atoms with E-state index < -0.39 is 0 Å². The van der Waals surface area contributed by atoms with Gasteiger partial charge in [-0.3, -0.25) is 9.55 Å². The Labute approximate surface area is 139 Å². The second-order valence-corrected chi connectivity index (χ2v) is 6.14. The third-order valence-electron chi connectivity index (χ3n) is 4.49. The molecule has 0 radical (unpaired) electrons. The highest BCUT2D eigenvalue weighted by Crippen LogP contribution is 2.35. The van der Waals surface area contributed by atoms with E-state index in [0.29, 0.717) is 17.3 Å². The number of H-pyrrole nitrogens is 1. The minimum Gasteiger partial charge on any atom is -0.497 e. The summed E-state index contributed by atoms with van der Waals surface area (Å²) in [7, 11) is 3.25. The highest BCUT2D eigenvalue weighted by molar-refractivity contribution is 5.80. The van der Waals surface area contributed by atoms with Gasteiger partial charge in [0.25, 0.3) is 0 Å². The summed E-state index contributed by atoms with van der Waals surface area (Å²) in [5, 5.41) is 0. The molecule has 1 aliphatic rings. The van der Waals surface area contributed by atoms with E-state index in [9.17, 15) is 4.79 Å². The summed E-state index contributed by atoms with van der Waals surface area (Å²) in [6.07, 6.45) is 4.14. The molecule has 0 unspecified atom stereocenters. The van der Waals surface area contributed by atoms with Gasteiger partial charge in [-0.2, -0.15) is 0 Å². The van der Waals surface area contributed by atoms with E-state index in [1.165, 1.54) is 12.8 Å². The number of methoxy groups -OCH3 is 2. The van der Waals surface area contributed by atoms with Crippen molar-refractivity contribution in [1.82, 2.24) is 14.5 Å². The number of rotatable bonds is 5. The van der Waals surface area contributed by atoms with Gasteiger partial charge >= 0.3 is 5.69 Å². The molecule has 0 spiro atoms. The van der Waals surface area contributed by atoms with Crippen molar-refractivity contribution in [2.75, 3.05) is 14.2 Å². The standard InChI is InChI=1S/C18H19N3O3/c1-23-13-5-6-14(16(8-13)24-2)12-7-15-17(19-9-12)20-18(22)21(15)10-11-3-4-11/h5-9,11H,3-4,10H2,1-2H3,(H,19,20,22). The van der Waals surface area contributed by atoms with Crippen LogP contribution in [0.3, 0.4) is 0 Å². The molecule has 0 bridgehead atoms. The molecule has 6 nitrogen and oxygen atoms in total. The molecule has 2 aromatic heterocycles. The number of nitrogens with zero attached hydrogens (tertiary/aromatic N) is 2. The van der Waals surface area contributed by atoms with Crippen molar-refractivity contribution in [3.63, 3.8) is 0 Å². The highest BCUT2D eigenvalue weighted by atomic mass is 16.5. The van der Waals surface area contributed by atoms with Crippen molar-refractivity contribution in [2.45, 2.75) is 19.4 Å². The van der Waals surface area contributed by atoms with Crippen molar-refractivity contribution in [1.29, 1.82) is 0 Å². The lowest BCUT2D eigenvalue weighted by Gasteiger charge is -2.11. The molecule has 1 aliphatic carbocycles. The molecule has 24 heavy (non-hydrogen) atoms. The first-order chi connectivity index (χ1) is 11.7. The summed E-state index contributed by atoms with van der Waals surface area (Å²) in [5.41, 5.74) is 3.19. The van der Waals surface area contributed by atoms with Gasteiger partial charge in [0.1, 0.15) is 11.5 Å². The molecule has 124 valence electrons. The van der Waals surface area contributed by atoms with Crippen LogP contribution in [0.2, 0.25) is 0 Å². The first-order valence-corrected chi connectivity index (χ1v) is 8.00. The van der Waals surface area contributed by atoms with Gasteiger partial charge < -0.3 is 9.47 Å². The van der Waals surface area contributed by atoms with E-state index in [0.717, 1.165) is 28.9 Å². The lowest BCUT2D eigenvalue weighted by atomic mass is 10.1. The van der Waals surface area contributed by atoms with Gasteiger partial charge in [0, 0.05) is 29.9 Å². The number of ether oxygens (including phenoxy) is 2. The number of hydrogen-bond donors (Lipinski definition) is 1. The smallest absolute Gasteiger partial charge is 0.327 e. The first-order valence-electron chi connectivity index (χ1n) is 8.00. The van der Waals surface area contributed by atoms with Crippen LogP contribution in [0.1, 0.15) is 12.8 Å². The van der Waals surface area contributed by atoms with Gasteiger partial charge in [0.05, 0.1) is 19.7 Å². The van der Waals surface area contributed by atoms with Crippen molar-refractivity contribution in [3.05, 3.63) is 40.9 Å². The predicted octanol–water partition coefficient (Wildman–Crippen LogP) is 2.82. The number of benzene rings is 1. The van der Waals surface area contributed by atoms with Gasteiger partial charge in [0.2, 0.25) is 0 Å². The van der Waals surface area contributed by atoms with Gasteiger partial charge in [-0.15, -0.1) is 0 Å². The fourth-order valence-corrected chi connectivity index (χ4v) is 2.96. The summed E-state index contributed by atoms with van der Waals surface area (Å²) in [5.74, 6) is 2.06. The zero-order chi connectivity index (χ0) is 16.7. The number of nitrogens with one attached hydrogen (secondary N) is 1. The van der Waals surface area contributed by atoms with Crippen molar-refractivity contribution in [3.8, 4) is 22.6 Å². The van der Waals surface area contributed by atoms with Crippen LogP contribution in [-0.2, 0) is 6.54 Å². The Bertz CT molecular complexity index is 954. The van der Waals surface area contributed by atoms with E-state index in [2.05, 4.69) is 9.97 Å². The Morgan fingerprint density at radius 2 is 2.08 bits per heavy atom. The molecule has 2 heterocycles. The van der Waals surface area contributed by atoms with Crippen LogP contribution >= 0.6 is 0 Å². The Kier molecular flexibility index (Phi) is 3.52. The fourth-order valence-electron chi connectivity index (χ4n) is 2.96. The Hall–Kier alpha value is -2.76. The minimum absolute atomic E-state index is 0.0942. The van der Waals surface area contributed by atoms with Crippen LogP contribution in [-0.4, -0.2) is 28.8 Å². The number of aromatic nitrogens is 3. The molecule has 0 amide bonds. The molecule has 0 atom stereocenters. The minimum atomic E-state index is -0.0942. The molecule has 0 aliphatic heterocycles. The number of imidazole rings is 1. The van der Waals surface area contributed by atoms with Crippen LogP contribution in [0.25, 0.3) is 22.3 Å². The third-order valence-corrected chi connectivity index (χ3v) is 4.49. The highest BCUT2D eigenvalue weighted by Gasteiger charge is 2.24. The van der Waals surface area contributed by atoms with Crippen molar-refractivity contribution < 1.29 is 9.47 Å². The average molecular weight is 325 g/mol. The maximum atomic E-state index is 12.2. The zero-order valence-corrected chi connectivity index (χ0v) is 13.7. The maximum Gasteiger partial charge on any atom is 0.327 e. The molecule has 1 N–H and O–H groups in total. The Balaban J connectivity index is 1.83. The quantitative estimate of drug-likeness (QED) is 0.783. The molecule has 6 heteroatoms. The number of pyridine rings is 1. The molecular formula is C18H19N3O3. The molecule has 1 saturated carbocycles. The monoisotopic (exact) mass is 325 g/mol. The molecule has 3 aromatic rings. The van der Waals surface area contributed by atoms with E-state index >= 15 is 0 Å². The SMILES string of the molecule is COc1ccc(-c2cnc3[nH]c(=O)n(CC4CC4)c3c2)c(OC)c1. The topological polar surface area (TPSA) is 69.1 Å². The van der Waals surface area contributed by atoms with Crippen LogP contribution in [0.15, 0.2) is 35.3 Å². The summed E-state index contributed by atoms with van der Waals surface area (Å²) in [4.78, 5) is 19.4. The van der Waals surface area contributed by atoms with Gasteiger partial charge in [-0.1, -0.05) is 0 Å². The molecular weight excluding hydrogens is 306 g/mol. The lowest BCUT2D eigenvalue weighted by Crippen LogP contribution is -2.17. The van der Waals surface area contributed by atoms with E-state index in [1.807, 2.05) is 24.3 Å². The van der Waals surface area contributed by atoms with E-state index in [1.54, 1.807) is 25.0 Å². The average Bonchev–Trinajstić information content (AvgIpc) is 3.38. The second kappa shape index (κ2) is 5.70. The van der Waals surface area contributed by atoms with Gasteiger partial charge in [0.15, 0.2) is 5.65 Å². The summed E-state index contributed by atoms with van der Waals surface area (Å²) >= 11 is 0. The van der Waals surface area contributed by atoms with Crippen LogP contribution in [0.4, 0.5) is 0 Å². The zero-order valence-electron chi connectivity index (χ0n) is 13.7. The maximum absolute atomic E-state index is 12.2. The third kappa shape index (κ3) is 2.54. The summed E-state index contributed by atoms with van der Waals surface area (Å²) < 4.78 is 12.5. The molecule has 1 aromatic carbocycles. The molecule has 4 rings (SSSR count). The Morgan fingerprint density at radius 1 is 1.25 bits per heavy atom. The van der Waals surface area contributed by atoms with E-state index in [4.69, 9.17) is 9.47 Å². The second-order valence-electron chi connectivity index (χ2n) is 6.14. The summed E-state index contributed by atoms with van der Waals surface area (Å²) in [6.45, 7) is 0.754. The fraction of sp³-hybridized carbons (Fsp3) is 0.333. The number of hydrogen-bond acceptors (Lipinski definition) is 4. The van der Waals surface area contributed by atoms with Gasteiger partial charge in [-0.05, 0) is 37.0 Å². The molecule has 0 saturated heterocycles. The number of fused-ring (bicyclic) bond motifs is 1. The first kappa shape index (κ1) is 14.8. The largest absolute Gasteiger partial charge is 0.497 e. The Morgan fingerprint density at radius 3 is 2.79 bits per heavy atom. The van der Waals surface area contributed by atoms with Crippen molar-refractivity contribution >= 4 is 11.2 Å². The van der Waals surface area contributed by atoms with E-state index in [-0.39, 0.29) is 5.69 Å². The van der Waals surface area contributed by atoms with Crippen molar-refractivity contribution in [2.24, 2.45) is 5.92 Å². The molecule has 1 fully saturated rings. The van der Waals surface area contributed by atoms with Gasteiger partial charge in [-0.25, -0.2) is 9.78 Å². The van der Waals surface area contributed by atoms with Crippen LogP contribution in [0, 0.1) is 5.92 Å². The normalized spacial score (nSPS) is 14.1. The lowest BCUT2D eigenvalue weighted by molar-refractivity contribution is 0.395. The van der Waals surface area contributed by atoms with Crippen LogP contribution < -0.4 is 15.2 Å². The summed E-state index contributed by atoms with van der Waals surface area (Å²) in [6, 6.07) is 7.66. The van der Waals surface area contributed by atoms with Crippen LogP contribution in [0.5, 0.6) is 11.5 Å². The predicted molar refractivity (Wildman–Crippen MR) is 91.6 cm³/mol. The number of aromatic amines is 1.